The standard InChI is InChI=1S/C29H35ClN4O2S/c1-6-7-16-31-23(35)17-33-24(36)18-37-26(20-13-9-10-14-21(20)30)25-27(29(3,4)5)32-34(28(25)33)22-15-11-8-12-19(22)2/h8-15,26H,6-7,16-18H2,1-5H3,(H,31,35). The van der Waals surface area contributed by atoms with Crippen molar-refractivity contribution in [1.29, 1.82) is 0 Å². The molecule has 37 heavy (non-hydrogen) atoms. The Labute approximate surface area is 228 Å². The van der Waals surface area contributed by atoms with E-state index in [1.54, 1.807) is 4.90 Å². The number of benzene rings is 2. The van der Waals surface area contributed by atoms with Crippen LogP contribution < -0.4 is 10.2 Å². The van der Waals surface area contributed by atoms with Crippen molar-refractivity contribution in [2.24, 2.45) is 0 Å². The second kappa shape index (κ2) is 11.3. The molecule has 8 heteroatoms. The number of fused-ring (bicyclic) bond motifs is 1. The van der Waals surface area contributed by atoms with E-state index in [4.69, 9.17) is 16.7 Å². The van der Waals surface area contributed by atoms with Gasteiger partial charge in [-0.15, -0.1) is 11.8 Å². The summed E-state index contributed by atoms with van der Waals surface area (Å²) in [5.74, 6) is 0.569. The molecular weight excluding hydrogens is 504 g/mol. The summed E-state index contributed by atoms with van der Waals surface area (Å²) in [4.78, 5) is 28.3. The van der Waals surface area contributed by atoms with Gasteiger partial charge in [-0.05, 0) is 36.6 Å². The van der Waals surface area contributed by atoms with E-state index in [-0.39, 0.29) is 34.8 Å². The van der Waals surface area contributed by atoms with Crippen LogP contribution in [-0.2, 0) is 15.0 Å². The van der Waals surface area contributed by atoms with Crippen LogP contribution in [0.5, 0.6) is 0 Å². The summed E-state index contributed by atoms with van der Waals surface area (Å²) in [6, 6.07) is 15.8. The highest BCUT2D eigenvalue weighted by Crippen LogP contribution is 2.49. The summed E-state index contributed by atoms with van der Waals surface area (Å²) in [5, 5.41) is 8.55. The lowest BCUT2D eigenvalue weighted by molar-refractivity contribution is -0.122. The van der Waals surface area contributed by atoms with E-state index in [9.17, 15) is 9.59 Å². The van der Waals surface area contributed by atoms with Crippen LogP contribution in [0.25, 0.3) is 5.69 Å². The van der Waals surface area contributed by atoms with Gasteiger partial charge in [0, 0.05) is 22.5 Å². The summed E-state index contributed by atoms with van der Waals surface area (Å²) in [5.41, 5.74) is 4.34. The van der Waals surface area contributed by atoms with E-state index >= 15 is 0 Å². The maximum atomic E-state index is 13.7. The third-order valence-corrected chi connectivity index (χ3v) is 8.07. The minimum atomic E-state index is -0.319. The minimum Gasteiger partial charge on any atom is -0.355 e. The lowest BCUT2D eigenvalue weighted by atomic mass is 9.87. The predicted octanol–water partition coefficient (Wildman–Crippen LogP) is 6.22. The van der Waals surface area contributed by atoms with Gasteiger partial charge in [0.1, 0.15) is 12.4 Å². The van der Waals surface area contributed by atoms with E-state index < -0.39 is 0 Å². The maximum Gasteiger partial charge on any atom is 0.240 e. The Morgan fingerprint density at radius 2 is 1.86 bits per heavy atom. The number of anilines is 1. The average Bonchev–Trinajstić information content (AvgIpc) is 3.18. The van der Waals surface area contributed by atoms with E-state index in [0.717, 1.165) is 40.9 Å². The van der Waals surface area contributed by atoms with Crippen molar-refractivity contribution < 1.29 is 9.59 Å². The highest BCUT2D eigenvalue weighted by Gasteiger charge is 2.40. The SMILES string of the molecule is CCCCNC(=O)CN1C(=O)CSC(c2ccccc2Cl)c2c(C(C)(C)C)nn(-c3ccccc3C)c21. The zero-order valence-electron chi connectivity index (χ0n) is 22.2. The van der Waals surface area contributed by atoms with Crippen molar-refractivity contribution in [2.45, 2.75) is 58.1 Å². The average molecular weight is 539 g/mol. The van der Waals surface area contributed by atoms with Crippen LogP contribution in [0.4, 0.5) is 5.82 Å². The van der Waals surface area contributed by atoms with E-state index in [1.165, 1.54) is 11.8 Å². The second-order valence-corrected chi connectivity index (χ2v) is 11.9. The summed E-state index contributed by atoms with van der Waals surface area (Å²) in [6.07, 6.45) is 1.88. The van der Waals surface area contributed by atoms with Crippen molar-refractivity contribution in [2.75, 3.05) is 23.7 Å². The lowest BCUT2D eigenvalue weighted by Gasteiger charge is -2.25. The molecule has 1 unspecified atom stereocenters. The zero-order valence-corrected chi connectivity index (χ0v) is 23.7. The second-order valence-electron chi connectivity index (χ2n) is 10.4. The largest absolute Gasteiger partial charge is 0.355 e. The molecule has 1 aromatic heterocycles. The van der Waals surface area contributed by atoms with Crippen molar-refractivity contribution in [3.63, 3.8) is 0 Å². The number of thioether (sulfide) groups is 1. The first-order chi connectivity index (χ1) is 17.6. The van der Waals surface area contributed by atoms with Crippen LogP contribution in [0.2, 0.25) is 5.02 Å². The van der Waals surface area contributed by atoms with Gasteiger partial charge in [-0.3, -0.25) is 14.5 Å². The number of nitrogens with one attached hydrogen (secondary N) is 1. The van der Waals surface area contributed by atoms with Crippen molar-refractivity contribution in [1.82, 2.24) is 15.1 Å². The topological polar surface area (TPSA) is 67.2 Å². The molecule has 1 aliphatic rings. The van der Waals surface area contributed by atoms with Gasteiger partial charge >= 0.3 is 0 Å². The summed E-state index contributed by atoms with van der Waals surface area (Å²) >= 11 is 8.25. The molecule has 0 spiro atoms. The van der Waals surface area contributed by atoms with Crippen LogP contribution in [-0.4, -0.2) is 40.4 Å². The first-order valence-corrected chi connectivity index (χ1v) is 14.2. The lowest BCUT2D eigenvalue weighted by Crippen LogP contribution is -2.42. The molecule has 1 aliphatic heterocycles. The fraction of sp³-hybridized carbons (Fsp3) is 0.414. The molecule has 0 bridgehead atoms. The number of halogens is 1. The predicted molar refractivity (Wildman–Crippen MR) is 153 cm³/mol. The quantitative estimate of drug-likeness (QED) is 0.363. The molecule has 1 atom stereocenters. The molecular formula is C29H35ClN4O2S. The first kappa shape index (κ1) is 27.3. The van der Waals surface area contributed by atoms with Gasteiger partial charge in [0.25, 0.3) is 0 Å². The van der Waals surface area contributed by atoms with Crippen molar-refractivity contribution in [3.8, 4) is 5.69 Å². The molecule has 0 saturated heterocycles. The number of aryl methyl sites for hydroxylation is 1. The molecule has 6 nitrogen and oxygen atoms in total. The smallest absolute Gasteiger partial charge is 0.240 e. The number of para-hydroxylation sites is 1. The minimum absolute atomic E-state index is 0.0630. The molecule has 0 saturated carbocycles. The fourth-order valence-corrected chi connectivity index (χ4v) is 6.12. The van der Waals surface area contributed by atoms with Crippen LogP contribution in [0.3, 0.4) is 0 Å². The van der Waals surface area contributed by atoms with Crippen LogP contribution >= 0.6 is 23.4 Å². The van der Waals surface area contributed by atoms with Gasteiger partial charge in [-0.2, -0.15) is 5.10 Å². The highest BCUT2D eigenvalue weighted by molar-refractivity contribution is 8.00. The van der Waals surface area contributed by atoms with Crippen molar-refractivity contribution in [3.05, 3.63) is 75.9 Å². The number of aromatic nitrogens is 2. The monoisotopic (exact) mass is 538 g/mol. The summed E-state index contributed by atoms with van der Waals surface area (Å²) < 4.78 is 1.86. The Morgan fingerprint density at radius 3 is 2.54 bits per heavy atom. The molecule has 4 rings (SSSR count). The number of hydrogen-bond acceptors (Lipinski definition) is 4. The first-order valence-electron chi connectivity index (χ1n) is 12.8. The number of nitrogens with zero attached hydrogens (tertiary/aromatic N) is 3. The number of rotatable bonds is 7. The molecule has 196 valence electrons. The molecule has 2 amide bonds. The molecule has 0 fully saturated rings. The van der Waals surface area contributed by atoms with Crippen molar-refractivity contribution >= 4 is 41.0 Å². The van der Waals surface area contributed by atoms with Crippen LogP contribution in [0.1, 0.15) is 68.2 Å². The zero-order chi connectivity index (χ0) is 26.7. The van der Waals surface area contributed by atoms with Gasteiger partial charge in [0.2, 0.25) is 11.8 Å². The Kier molecular flexibility index (Phi) is 8.34. The Hall–Kier alpha value is -2.77. The number of carbonyl (C=O) groups is 2. The van der Waals surface area contributed by atoms with Gasteiger partial charge in [-0.1, -0.05) is 82.1 Å². The third-order valence-electron chi connectivity index (χ3n) is 6.48. The Bertz CT molecular complexity index is 1300. The molecule has 0 aliphatic carbocycles. The van der Waals surface area contributed by atoms with Gasteiger partial charge in [-0.25, -0.2) is 4.68 Å². The number of unbranched alkanes of at least 4 members (excludes halogenated alkanes) is 1. The maximum absolute atomic E-state index is 13.7. The molecule has 3 aromatic rings. The highest BCUT2D eigenvalue weighted by atomic mass is 35.5. The fourth-order valence-electron chi connectivity index (χ4n) is 4.58. The molecule has 2 heterocycles. The summed E-state index contributed by atoms with van der Waals surface area (Å²) in [6.45, 7) is 11.0. The van der Waals surface area contributed by atoms with Gasteiger partial charge in [0.05, 0.1) is 22.4 Å². The van der Waals surface area contributed by atoms with Gasteiger partial charge < -0.3 is 5.32 Å². The third kappa shape index (κ3) is 5.73. The van der Waals surface area contributed by atoms with E-state index in [2.05, 4.69) is 33.0 Å². The van der Waals surface area contributed by atoms with Gasteiger partial charge in [0.15, 0.2) is 0 Å². The van der Waals surface area contributed by atoms with E-state index in [1.807, 2.05) is 60.1 Å². The Morgan fingerprint density at radius 1 is 1.16 bits per heavy atom. The van der Waals surface area contributed by atoms with E-state index in [0.29, 0.717) is 17.4 Å². The Balaban J connectivity index is 1.98. The number of carbonyl (C=O) groups excluding carboxylic acids is 2. The van der Waals surface area contributed by atoms with Crippen LogP contribution in [0.15, 0.2) is 48.5 Å². The normalized spacial score (nSPS) is 15.9. The van der Waals surface area contributed by atoms with Crippen LogP contribution in [0, 0.1) is 6.92 Å². The molecule has 1 N–H and O–H groups in total. The molecule has 2 aromatic carbocycles. The summed E-state index contributed by atoms with van der Waals surface area (Å²) in [7, 11) is 0. The molecule has 0 radical (unpaired) electrons. The number of amides is 2. The number of hydrogen-bond donors (Lipinski definition) is 1.